The molecule has 0 unspecified atom stereocenters. The Morgan fingerprint density at radius 2 is 0.430 bits per heavy atom. The predicted molar refractivity (Wildman–Crippen MR) is 453 cm³/mol. The van der Waals surface area contributed by atoms with Crippen LogP contribution >= 0.6 is 0 Å². The van der Waals surface area contributed by atoms with Crippen LogP contribution in [0.15, 0.2) is 379 Å². The maximum atomic E-state index is 4.57. The van der Waals surface area contributed by atoms with Crippen LogP contribution in [0.4, 0.5) is 0 Å². The zero-order chi connectivity index (χ0) is 73.9. The first-order valence-electron chi connectivity index (χ1n) is 35.8. The van der Waals surface area contributed by atoms with Gasteiger partial charge in [0.2, 0.25) is 0 Å². The summed E-state index contributed by atoms with van der Waals surface area (Å²) in [5.41, 5.74) is 16.2. The van der Waals surface area contributed by atoms with Crippen molar-refractivity contribution in [1.82, 2.24) is 54.8 Å². The van der Waals surface area contributed by atoms with Crippen LogP contribution in [0.2, 0.25) is 45.8 Å². The molecule has 107 heavy (non-hydrogen) atoms. The Morgan fingerprint density at radius 1 is 0.178 bits per heavy atom. The van der Waals surface area contributed by atoms with Gasteiger partial charge in [0.1, 0.15) is 32.3 Å². The highest BCUT2D eigenvalue weighted by Gasteiger charge is 2.38. The number of rotatable bonds is 16. The minimum absolute atomic E-state index is 0.969. The van der Waals surface area contributed by atoms with E-state index in [-0.39, 0.29) is 0 Å². The fourth-order valence-electron chi connectivity index (χ4n) is 14.5. The van der Waals surface area contributed by atoms with Crippen LogP contribution in [0.5, 0.6) is 0 Å². The highest BCUT2D eigenvalue weighted by atomic mass is 28.3. The summed E-state index contributed by atoms with van der Waals surface area (Å²) in [5.74, 6) is 0. The van der Waals surface area contributed by atoms with E-state index < -0.39 is 32.3 Å². The Labute approximate surface area is 632 Å². The Balaban J connectivity index is 0.000000126. The van der Waals surface area contributed by atoms with Crippen LogP contribution in [-0.4, -0.2) is 87.1 Å². The highest BCUT2D eigenvalue weighted by molar-refractivity contribution is 7.11. The van der Waals surface area contributed by atoms with Gasteiger partial charge in [-0.25, -0.2) is 0 Å². The quantitative estimate of drug-likeness (QED) is 0.0853. The standard InChI is InChI=1S/C24H21NSi.2C23H21N3Si.C22H20N4Si/c1-26(21-13-7-3-8-14-21,22-15-9-4-10-16-22)24-17-18-25-19-23(24)20-11-5-2-6-12-20;1-27(2,22-11-14-24-16-19(22)18-8-4-3-5-9-18)23-12-15-25-17-20(23)21-10-6-7-13-26-21;1-27(2,22-10-14-25-16-20(22)18-6-4-3-5-7-18)23-11-15-26-17-21(23)19-8-12-24-13-9-19;1-27(2,21-7-11-25-15-19(21)17-5-3-9-23-13-17)22-8-12-26-16-20(22)18-6-4-10-24-14-18/h2-19H,1H3;2*3-17H,1-2H3;3-16H,1-2H3. The Bertz CT molecular complexity index is 4800. The van der Waals surface area contributed by atoms with Crippen molar-refractivity contribution in [2.75, 3.05) is 0 Å². The SMILES string of the molecule is C[Si](C)(c1ccncc1-c1ccccc1)c1ccncc1-c1ccccn1.C[Si](C)(c1ccncc1-c1ccccc1)c1ccncc1-c1ccncc1.C[Si](C)(c1ccncc1-c1cccnc1)c1ccncc1-c1cccnc1.C[Si](c1ccccc1)(c1ccccc1)c1ccncc1-c1ccccc1. The molecule has 522 valence electrons. The average Bonchev–Trinajstić information content (AvgIpc) is 0.770. The van der Waals surface area contributed by atoms with E-state index in [1.807, 2.05) is 154 Å². The number of nitrogens with zero attached hydrogens (tertiary/aromatic N) is 11. The van der Waals surface area contributed by atoms with Gasteiger partial charge in [-0.1, -0.05) is 216 Å². The number of pyridine rings is 11. The van der Waals surface area contributed by atoms with Crippen molar-refractivity contribution in [3.63, 3.8) is 0 Å². The van der Waals surface area contributed by atoms with Gasteiger partial charge in [-0.2, -0.15) is 0 Å². The second kappa shape index (κ2) is 34.0. The lowest BCUT2D eigenvalue weighted by atomic mass is 10.1. The van der Waals surface area contributed by atoms with E-state index in [9.17, 15) is 0 Å². The van der Waals surface area contributed by atoms with Gasteiger partial charge >= 0.3 is 0 Å². The first-order valence-corrected chi connectivity index (χ1v) is 47.3. The molecule has 0 radical (unpaired) electrons. The molecule has 0 saturated carbocycles. The van der Waals surface area contributed by atoms with Crippen LogP contribution in [-0.2, 0) is 0 Å². The van der Waals surface area contributed by atoms with Gasteiger partial charge in [-0.05, 0) is 164 Å². The molecule has 5 aromatic carbocycles. The molecule has 0 N–H and O–H groups in total. The number of benzene rings is 5. The van der Waals surface area contributed by atoms with Crippen molar-refractivity contribution in [1.29, 1.82) is 0 Å². The predicted octanol–water partition coefficient (Wildman–Crippen LogP) is 15.3. The minimum atomic E-state index is -2.15. The number of hydrogen-bond donors (Lipinski definition) is 0. The summed E-state index contributed by atoms with van der Waals surface area (Å²) in [4.78, 5) is 48.1. The fourth-order valence-corrected chi connectivity index (χ4v) is 27.4. The van der Waals surface area contributed by atoms with Crippen molar-refractivity contribution >= 4 is 79.0 Å². The monoisotopic (exact) mass is 1450 g/mol. The van der Waals surface area contributed by atoms with Crippen LogP contribution in [0.3, 0.4) is 0 Å². The van der Waals surface area contributed by atoms with Gasteiger partial charge < -0.3 is 0 Å². The number of aromatic nitrogens is 11. The van der Waals surface area contributed by atoms with E-state index in [0.717, 1.165) is 39.1 Å². The van der Waals surface area contributed by atoms with E-state index >= 15 is 0 Å². The van der Waals surface area contributed by atoms with E-state index in [0.29, 0.717) is 0 Å². The average molecular weight is 1460 g/mol. The first kappa shape index (κ1) is 73.0. The normalized spacial score (nSPS) is 11.3. The van der Waals surface area contributed by atoms with Crippen LogP contribution in [0, 0.1) is 0 Å². The molecule has 0 aliphatic rings. The third-order valence-corrected chi connectivity index (χ3v) is 35.3. The van der Waals surface area contributed by atoms with E-state index in [1.54, 1.807) is 12.4 Å². The molecule has 15 heteroatoms. The molecule has 16 aromatic rings. The molecule has 0 spiro atoms. The smallest absolute Gasteiger partial charge is 0.146 e. The molecule has 0 atom stereocenters. The topological polar surface area (TPSA) is 142 Å². The lowest BCUT2D eigenvalue weighted by Crippen LogP contribution is -2.65. The summed E-state index contributed by atoms with van der Waals surface area (Å²) in [5, 5.41) is 12.3. The zero-order valence-electron chi connectivity index (χ0n) is 61.2. The van der Waals surface area contributed by atoms with E-state index in [4.69, 9.17) is 0 Å². The van der Waals surface area contributed by atoms with Crippen molar-refractivity contribution in [2.24, 2.45) is 0 Å². The third kappa shape index (κ3) is 16.4. The van der Waals surface area contributed by atoms with Crippen molar-refractivity contribution < 1.29 is 0 Å². The summed E-state index contributed by atoms with van der Waals surface area (Å²) in [6, 6.07) is 86.9. The molecule has 0 aliphatic heterocycles. The van der Waals surface area contributed by atoms with Crippen LogP contribution in [0.1, 0.15) is 0 Å². The lowest BCUT2D eigenvalue weighted by Gasteiger charge is -2.31. The molecule has 11 heterocycles. The molecule has 0 amide bonds. The molecular formula is C92H83N11Si4. The molecule has 0 fully saturated rings. The van der Waals surface area contributed by atoms with Gasteiger partial charge in [0, 0.05) is 164 Å². The van der Waals surface area contributed by atoms with Gasteiger partial charge in [0.05, 0.1) is 5.69 Å². The molecule has 0 aliphatic carbocycles. The van der Waals surface area contributed by atoms with E-state index in [2.05, 4.69) is 313 Å². The summed E-state index contributed by atoms with van der Waals surface area (Å²) in [7, 11) is -8.23. The lowest BCUT2D eigenvalue weighted by molar-refractivity contribution is 1.28. The molecule has 0 saturated heterocycles. The van der Waals surface area contributed by atoms with Crippen molar-refractivity contribution in [2.45, 2.75) is 45.8 Å². The molecule has 16 rings (SSSR count). The summed E-state index contributed by atoms with van der Waals surface area (Å²) >= 11 is 0. The molecule has 0 bridgehead atoms. The van der Waals surface area contributed by atoms with Crippen molar-refractivity contribution in [3.05, 3.63) is 379 Å². The van der Waals surface area contributed by atoms with Crippen LogP contribution in [0.25, 0.3) is 78.0 Å². The van der Waals surface area contributed by atoms with Crippen LogP contribution < -0.4 is 46.7 Å². The van der Waals surface area contributed by atoms with Gasteiger partial charge in [-0.3, -0.25) is 54.8 Å². The summed E-state index contributed by atoms with van der Waals surface area (Å²) in [6.45, 7) is 16.8. The zero-order valence-corrected chi connectivity index (χ0v) is 65.2. The summed E-state index contributed by atoms with van der Waals surface area (Å²) < 4.78 is 0. The largest absolute Gasteiger partial charge is 0.265 e. The van der Waals surface area contributed by atoms with Gasteiger partial charge in [-0.15, -0.1) is 0 Å². The third-order valence-electron chi connectivity index (χ3n) is 20.2. The second-order valence-electron chi connectivity index (χ2n) is 27.7. The molecular weight excluding hydrogens is 1370 g/mol. The van der Waals surface area contributed by atoms with Gasteiger partial charge in [0.25, 0.3) is 0 Å². The van der Waals surface area contributed by atoms with Crippen molar-refractivity contribution in [3.8, 4) is 78.0 Å². The van der Waals surface area contributed by atoms with Gasteiger partial charge in [0.15, 0.2) is 0 Å². The van der Waals surface area contributed by atoms with E-state index in [1.165, 1.54) is 85.6 Å². The Hall–Kier alpha value is -12.4. The maximum absolute atomic E-state index is 4.57. The Morgan fingerprint density at radius 3 is 0.748 bits per heavy atom. The first-order chi connectivity index (χ1) is 52.3. The Kier molecular flexibility index (Phi) is 23.2. The molecule has 11 aromatic heterocycles. The minimum Gasteiger partial charge on any atom is -0.265 e. The summed E-state index contributed by atoms with van der Waals surface area (Å²) in [6.07, 6.45) is 40.0. The molecule has 11 nitrogen and oxygen atoms in total. The maximum Gasteiger partial charge on any atom is 0.146 e. The highest BCUT2D eigenvalue weighted by Crippen LogP contribution is 2.28. The number of hydrogen-bond acceptors (Lipinski definition) is 11. The second-order valence-corrected chi connectivity index (χ2v) is 44.6. The fraction of sp³-hybridized carbons (Fsp3) is 0.0761.